The number of benzene rings is 1. The molecule has 1 aromatic carbocycles. The molecule has 4 nitrogen and oxygen atoms in total. The highest BCUT2D eigenvalue weighted by molar-refractivity contribution is 5.95. The van der Waals surface area contributed by atoms with Crippen molar-refractivity contribution in [3.8, 4) is 5.75 Å². The molecule has 0 heterocycles. The van der Waals surface area contributed by atoms with E-state index in [0.29, 0.717) is 11.7 Å². The number of hydrogen-bond acceptors (Lipinski definition) is 3. The van der Waals surface area contributed by atoms with Crippen LogP contribution < -0.4 is 10.2 Å². The summed E-state index contributed by atoms with van der Waals surface area (Å²) in [6.07, 6.45) is 3.44. The number of carbonyl (C=O) groups is 1. The van der Waals surface area contributed by atoms with Crippen LogP contribution in [-0.4, -0.2) is 18.2 Å². The highest BCUT2D eigenvalue weighted by atomic mass is 16.5. The van der Waals surface area contributed by atoms with Gasteiger partial charge in [0.1, 0.15) is 5.75 Å². The first-order chi connectivity index (χ1) is 10.8. The van der Waals surface area contributed by atoms with Crippen molar-refractivity contribution in [2.45, 2.75) is 47.0 Å². The van der Waals surface area contributed by atoms with Crippen molar-refractivity contribution in [1.29, 1.82) is 0 Å². The van der Waals surface area contributed by atoms with E-state index in [9.17, 15) is 4.79 Å². The second kappa shape index (κ2) is 5.66. The van der Waals surface area contributed by atoms with Gasteiger partial charge in [-0.05, 0) is 49.7 Å². The van der Waals surface area contributed by atoms with Gasteiger partial charge in [0.25, 0.3) is 5.91 Å². The van der Waals surface area contributed by atoms with Crippen LogP contribution in [0.1, 0.15) is 45.6 Å². The minimum absolute atomic E-state index is 0.0105. The van der Waals surface area contributed by atoms with Crippen molar-refractivity contribution in [3.63, 3.8) is 0 Å². The summed E-state index contributed by atoms with van der Waals surface area (Å²) in [6.45, 7) is 8.95. The molecule has 2 aliphatic carbocycles. The van der Waals surface area contributed by atoms with Gasteiger partial charge in [-0.15, -0.1) is 0 Å². The summed E-state index contributed by atoms with van der Waals surface area (Å²) in [4.78, 5) is 12.0. The lowest BCUT2D eigenvalue weighted by molar-refractivity contribution is -0.123. The molecule has 2 atom stereocenters. The van der Waals surface area contributed by atoms with Crippen molar-refractivity contribution in [3.05, 3.63) is 29.8 Å². The third-order valence-electron chi connectivity index (χ3n) is 6.22. The van der Waals surface area contributed by atoms with E-state index in [2.05, 4.69) is 31.3 Å². The highest BCUT2D eigenvalue weighted by Crippen LogP contribution is 2.63. The molecular formula is C19H26N2O2. The minimum Gasteiger partial charge on any atom is -0.484 e. The fourth-order valence-corrected chi connectivity index (χ4v) is 4.04. The average molecular weight is 314 g/mol. The second-order valence-corrected chi connectivity index (χ2v) is 7.69. The van der Waals surface area contributed by atoms with Crippen LogP contribution >= 0.6 is 0 Å². The fraction of sp³-hybridized carbons (Fsp3) is 0.579. The van der Waals surface area contributed by atoms with Crippen LogP contribution in [0.15, 0.2) is 29.4 Å². The largest absolute Gasteiger partial charge is 0.484 e. The Morgan fingerprint density at radius 3 is 2.57 bits per heavy atom. The molecule has 0 radical (unpaired) electrons. The Labute approximate surface area is 138 Å². The van der Waals surface area contributed by atoms with Gasteiger partial charge in [0, 0.05) is 11.1 Å². The van der Waals surface area contributed by atoms with E-state index in [0.717, 1.165) is 12.1 Å². The molecule has 3 rings (SSSR count). The van der Waals surface area contributed by atoms with E-state index in [4.69, 9.17) is 4.74 Å². The molecule has 1 amide bonds. The van der Waals surface area contributed by atoms with Gasteiger partial charge >= 0.3 is 0 Å². The summed E-state index contributed by atoms with van der Waals surface area (Å²) in [6, 6.07) is 7.67. The maximum Gasteiger partial charge on any atom is 0.277 e. The predicted molar refractivity (Wildman–Crippen MR) is 91.5 cm³/mol. The Kier molecular flexibility index (Phi) is 3.95. The van der Waals surface area contributed by atoms with Gasteiger partial charge in [-0.2, -0.15) is 5.10 Å². The summed E-state index contributed by atoms with van der Waals surface area (Å²) in [5, 5.41) is 4.44. The maximum absolute atomic E-state index is 12.0. The molecule has 2 bridgehead atoms. The molecule has 0 saturated heterocycles. The molecule has 1 N–H and O–H groups in total. The van der Waals surface area contributed by atoms with Gasteiger partial charge in [-0.3, -0.25) is 4.79 Å². The van der Waals surface area contributed by atoms with E-state index < -0.39 is 0 Å². The van der Waals surface area contributed by atoms with Crippen LogP contribution in [0, 0.1) is 23.7 Å². The van der Waals surface area contributed by atoms with Crippen molar-refractivity contribution in [2.24, 2.45) is 21.8 Å². The summed E-state index contributed by atoms with van der Waals surface area (Å²) in [5.41, 5.74) is 5.37. The number of carbonyl (C=O) groups excluding carboxylic acids is 1. The van der Waals surface area contributed by atoms with Gasteiger partial charge in [0.15, 0.2) is 6.61 Å². The SMILES string of the molecule is Cc1ccc(OCC(=O)N/N=C2\CC3CCC2(C)C3(C)C)cc1. The Balaban J connectivity index is 1.56. The Hall–Kier alpha value is -1.84. The molecule has 0 aliphatic heterocycles. The van der Waals surface area contributed by atoms with E-state index >= 15 is 0 Å². The molecule has 23 heavy (non-hydrogen) atoms. The first-order valence-corrected chi connectivity index (χ1v) is 8.38. The van der Waals surface area contributed by atoms with E-state index in [1.54, 1.807) is 0 Å². The van der Waals surface area contributed by atoms with Gasteiger partial charge in [0.2, 0.25) is 0 Å². The van der Waals surface area contributed by atoms with Gasteiger partial charge in [-0.1, -0.05) is 38.5 Å². The first kappa shape index (κ1) is 16.0. The number of aryl methyl sites for hydroxylation is 1. The molecular weight excluding hydrogens is 288 g/mol. The normalized spacial score (nSPS) is 29.7. The fourth-order valence-electron chi connectivity index (χ4n) is 4.04. The van der Waals surface area contributed by atoms with E-state index in [1.807, 2.05) is 31.2 Å². The number of nitrogens with zero attached hydrogens (tertiary/aromatic N) is 1. The number of ether oxygens (including phenoxy) is 1. The van der Waals surface area contributed by atoms with Crippen LogP contribution in [0.25, 0.3) is 0 Å². The zero-order valence-electron chi connectivity index (χ0n) is 14.5. The Morgan fingerprint density at radius 1 is 1.30 bits per heavy atom. The summed E-state index contributed by atoms with van der Waals surface area (Å²) in [5.74, 6) is 1.18. The Morgan fingerprint density at radius 2 is 2.00 bits per heavy atom. The summed E-state index contributed by atoms with van der Waals surface area (Å²) in [7, 11) is 0. The smallest absolute Gasteiger partial charge is 0.277 e. The lowest BCUT2D eigenvalue weighted by atomic mass is 9.70. The van der Waals surface area contributed by atoms with Crippen LogP contribution in [-0.2, 0) is 4.79 Å². The third-order valence-corrected chi connectivity index (χ3v) is 6.22. The van der Waals surface area contributed by atoms with Crippen LogP contribution in [0.3, 0.4) is 0 Å². The van der Waals surface area contributed by atoms with Gasteiger partial charge in [-0.25, -0.2) is 5.43 Å². The number of fused-ring (bicyclic) bond motifs is 2. The quantitative estimate of drug-likeness (QED) is 0.862. The predicted octanol–water partition coefficient (Wildman–Crippen LogP) is 3.69. The monoisotopic (exact) mass is 314 g/mol. The van der Waals surface area contributed by atoms with Crippen molar-refractivity contribution >= 4 is 11.6 Å². The zero-order valence-corrected chi connectivity index (χ0v) is 14.5. The summed E-state index contributed by atoms with van der Waals surface area (Å²) >= 11 is 0. The standard InChI is InChI=1S/C19H26N2O2/c1-13-5-7-15(8-6-13)23-12-17(22)21-20-16-11-14-9-10-19(16,4)18(14,2)3/h5-8,14H,9-12H2,1-4H3,(H,21,22)/b20-16+. The van der Waals surface area contributed by atoms with Crippen molar-refractivity contribution in [1.82, 2.24) is 5.43 Å². The van der Waals surface area contributed by atoms with Crippen molar-refractivity contribution in [2.75, 3.05) is 6.61 Å². The minimum atomic E-state index is -0.206. The number of hydrazone groups is 1. The number of rotatable bonds is 4. The molecule has 0 spiro atoms. The van der Waals surface area contributed by atoms with Crippen molar-refractivity contribution < 1.29 is 9.53 Å². The van der Waals surface area contributed by atoms with E-state index in [-0.39, 0.29) is 23.3 Å². The lowest BCUT2D eigenvalue weighted by Gasteiger charge is -2.34. The van der Waals surface area contributed by atoms with Crippen LogP contribution in [0.5, 0.6) is 5.75 Å². The highest BCUT2D eigenvalue weighted by Gasteiger charge is 2.59. The maximum atomic E-state index is 12.0. The topological polar surface area (TPSA) is 50.7 Å². The summed E-state index contributed by atoms with van der Waals surface area (Å²) < 4.78 is 5.48. The number of nitrogens with one attached hydrogen (secondary N) is 1. The van der Waals surface area contributed by atoms with Gasteiger partial charge in [0.05, 0.1) is 0 Å². The molecule has 1 aromatic rings. The van der Waals surface area contributed by atoms with Gasteiger partial charge < -0.3 is 4.74 Å². The Bertz CT molecular complexity index is 633. The molecule has 124 valence electrons. The molecule has 2 fully saturated rings. The zero-order chi connectivity index (χ0) is 16.7. The number of hydrogen-bond donors (Lipinski definition) is 1. The molecule has 2 aliphatic rings. The molecule has 0 aromatic heterocycles. The lowest BCUT2D eigenvalue weighted by Crippen LogP contribution is -2.35. The van der Waals surface area contributed by atoms with Crippen LogP contribution in [0.4, 0.5) is 0 Å². The molecule has 2 unspecified atom stereocenters. The first-order valence-electron chi connectivity index (χ1n) is 8.38. The molecule has 2 saturated carbocycles. The van der Waals surface area contributed by atoms with E-state index in [1.165, 1.54) is 18.4 Å². The average Bonchev–Trinajstić information content (AvgIpc) is 2.85. The second-order valence-electron chi connectivity index (χ2n) is 7.69. The van der Waals surface area contributed by atoms with Crippen LogP contribution in [0.2, 0.25) is 0 Å². The third kappa shape index (κ3) is 2.75. The number of amides is 1. The molecule has 4 heteroatoms.